The molecule has 1 aromatic carbocycles. The molecule has 1 aromatic heterocycles. The third-order valence-electron chi connectivity index (χ3n) is 2.89. The Morgan fingerprint density at radius 2 is 1.55 bits per heavy atom. The van der Waals surface area contributed by atoms with Crippen molar-refractivity contribution < 1.29 is 22.8 Å². The smallest absolute Gasteiger partial charge is 0.298 e. The first kappa shape index (κ1) is 16.5. The Labute approximate surface area is 132 Å². The fraction of sp³-hybridized carbons (Fsp3) is 0.0714. The summed E-state index contributed by atoms with van der Waals surface area (Å²) in [5.41, 5.74) is -1.42. The van der Waals surface area contributed by atoms with E-state index in [9.17, 15) is 22.8 Å². The number of pyridine rings is 1. The second-order valence-electron chi connectivity index (χ2n) is 4.21. The van der Waals surface area contributed by atoms with Crippen LogP contribution in [0.4, 0.5) is 13.2 Å². The van der Waals surface area contributed by atoms with Gasteiger partial charge in [0, 0.05) is 5.56 Å². The van der Waals surface area contributed by atoms with E-state index in [-0.39, 0.29) is 32.6 Å². The molecule has 0 saturated heterocycles. The van der Waals surface area contributed by atoms with E-state index in [2.05, 4.69) is 4.98 Å². The van der Waals surface area contributed by atoms with Crippen molar-refractivity contribution in [2.24, 2.45) is 0 Å². The molecule has 0 aliphatic carbocycles. The molecular formula is C14H6Cl2F3NO2. The number of alkyl halides is 3. The van der Waals surface area contributed by atoms with Crippen LogP contribution < -0.4 is 0 Å². The van der Waals surface area contributed by atoms with Crippen LogP contribution in [0.2, 0.25) is 10.3 Å². The summed E-state index contributed by atoms with van der Waals surface area (Å²) in [5, 5.41) is -0.587. The molecule has 22 heavy (non-hydrogen) atoms. The van der Waals surface area contributed by atoms with Gasteiger partial charge in [-0.05, 0) is 17.7 Å². The maximum absolute atomic E-state index is 12.8. The van der Waals surface area contributed by atoms with Crippen LogP contribution in [0, 0.1) is 0 Å². The van der Waals surface area contributed by atoms with E-state index >= 15 is 0 Å². The van der Waals surface area contributed by atoms with Crippen molar-refractivity contribution in [1.82, 2.24) is 4.98 Å². The molecule has 0 saturated carbocycles. The number of rotatable bonds is 3. The number of hydrogen-bond acceptors (Lipinski definition) is 3. The van der Waals surface area contributed by atoms with Gasteiger partial charge in [-0.1, -0.05) is 35.3 Å². The van der Waals surface area contributed by atoms with Crippen LogP contribution >= 0.6 is 23.2 Å². The van der Waals surface area contributed by atoms with Gasteiger partial charge in [0.1, 0.15) is 10.3 Å². The number of carbonyl (C=O) groups excluding carboxylic acids is 2. The summed E-state index contributed by atoms with van der Waals surface area (Å²) in [6.07, 6.45) is -3.94. The maximum atomic E-state index is 12.8. The van der Waals surface area contributed by atoms with Crippen molar-refractivity contribution in [3.05, 3.63) is 51.3 Å². The van der Waals surface area contributed by atoms with E-state index in [4.69, 9.17) is 23.2 Å². The minimum Gasteiger partial charge on any atom is -0.298 e. The van der Waals surface area contributed by atoms with E-state index in [1.165, 1.54) is 6.07 Å². The standard InChI is InChI=1S/C14H6Cl2F3NO2/c15-12-9(5-21)11(10(6-22)13(16)20-12)7-2-1-3-8(4-7)14(17,18)19/h1-6H. The van der Waals surface area contributed by atoms with Crippen LogP contribution in [0.1, 0.15) is 26.3 Å². The first-order chi connectivity index (χ1) is 10.3. The molecule has 0 spiro atoms. The predicted molar refractivity (Wildman–Crippen MR) is 75.5 cm³/mol. The van der Waals surface area contributed by atoms with Gasteiger partial charge in [0.05, 0.1) is 16.7 Å². The van der Waals surface area contributed by atoms with Crippen molar-refractivity contribution in [3.63, 3.8) is 0 Å². The summed E-state index contributed by atoms with van der Waals surface area (Å²) in [4.78, 5) is 26.0. The Kier molecular flexibility index (Phi) is 4.53. The molecule has 0 fully saturated rings. The Hall–Kier alpha value is -1.92. The lowest BCUT2D eigenvalue weighted by Crippen LogP contribution is -2.06. The lowest BCUT2D eigenvalue weighted by molar-refractivity contribution is -0.137. The normalized spacial score (nSPS) is 11.3. The van der Waals surface area contributed by atoms with Crippen molar-refractivity contribution in [1.29, 1.82) is 0 Å². The molecule has 8 heteroatoms. The van der Waals surface area contributed by atoms with E-state index in [1.807, 2.05) is 0 Å². The fourth-order valence-corrected chi connectivity index (χ4v) is 2.43. The van der Waals surface area contributed by atoms with Crippen molar-refractivity contribution in [3.8, 4) is 11.1 Å². The van der Waals surface area contributed by atoms with Crippen LogP contribution in [-0.4, -0.2) is 17.6 Å². The molecule has 0 radical (unpaired) electrons. The summed E-state index contributed by atoms with van der Waals surface area (Å²) in [7, 11) is 0. The minimum absolute atomic E-state index is 0.00905. The van der Waals surface area contributed by atoms with Gasteiger partial charge >= 0.3 is 6.18 Å². The van der Waals surface area contributed by atoms with Gasteiger partial charge in [0.15, 0.2) is 12.6 Å². The molecule has 114 valence electrons. The molecule has 2 rings (SSSR count). The van der Waals surface area contributed by atoms with Crippen molar-refractivity contribution in [2.45, 2.75) is 6.18 Å². The molecule has 1 heterocycles. The summed E-state index contributed by atoms with van der Waals surface area (Å²) < 4.78 is 38.4. The third kappa shape index (κ3) is 2.98. The number of aldehydes is 2. The highest BCUT2D eigenvalue weighted by Crippen LogP contribution is 2.37. The molecule has 0 unspecified atom stereocenters. The molecule has 0 aliphatic heterocycles. The van der Waals surface area contributed by atoms with Crippen LogP contribution in [0.25, 0.3) is 11.1 Å². The summed E-state index contributed by atoms with van der Waals surface area (Å²) >= 11 is 11.6. The molecule has 2 aromatic rings. The summed E-state index contributed by atoms with van der Waals surface area (Å²) in [6.45, 7) is 0. The van der Waals surface area contributed by atoms with Gasteiger partial charge in [-0.15, -0.1) is 0 Å². The minimum atomic E-state index is -4.57. The van der Waals surface area contributed by atoms with Crippen LogP contribution in [0.15, 0.2) is 24.3 Å². The first-order valence-corrected chi connectivity index (χ1v) is 6.52. The number of hydrogen-bond donors (Lipinski definition) is 0. The number of carbonyl (C=O) groups is 2. The average Bonchev–Trinajstić information content (AvgIpc) is 2.46. The Morgan fingerprint density at radius 1 is 1.00 bits per heavy atom. The SMILES string of the molecule is O=Cc1c(Cl)nc(Cl)c(C=O)c1-c1cccc(C(F)(F)F)c1. The maximum Gasteiger partial charge on any atom is 0.416 e. The van der Waals surface area contributed by atoms with Gasteiger partial charge in [0.2, 0.25) is 0 Å². The summed E-state index contributed by atoms with van der Waals surface area (Å²) in [5.74, 6) is 0. The van der Waals surface area contributed by atoms with Crippen LogP contribution in [0.5, 0.6) is 0 Å². The highest BCUT2D eigenvalue weighted by molar-refractivity contribution is 6.36. The van der Waals surface area contributed by atoms with Crippen LogP contribution in [-0.2, 0) is 6.18 Å². The number of halogens is 5. The zero-order valence-electron chi connectivity index (χ0n) is 10.6. The van der Waals surface area contributed by atoms with Crippen molar-refractivity contribution in [2.75, 3.05) is 0 Å². The molecule has 0 N–H and O–H groups in total. The second kappa shape index (κ2) is 6.06. The van der Waals surface area contributed by atoms with Gasteiger partial charge in [-0.3, -0.25) is 9.59 Å². The molecule has 0 aliphatic rings. The number of benzene rings is 1. The topological polar surface area (TPSA) is 47.0 Å². The molecule has 0 atom stereocenters. The monoisotopic (exact) mass is 347 g/mol. The molecular weight excluding hydrogens is 342 g/mol. The molecule has 0 bridgehead atoms. The molecule has 3 nitrogen and oxygen atoms in total. The van der Waals surface area contributed by atoms with Gasteiger partial charge in [-0.25, -0.2) is 4.98 Å². The Morgan fingerprint density at radius 3 is 2.00 bits per heavy atom. The van der Waals surface area contributed by atoms with E-state index in [0.717, 1.165) is 18.2 Å². The van der Waals surface area contributed by atoms with Crippen LogP contribution in [0.3, 0.4) is 0 Å². The highest BCUT2D eigenvalue weighted by atomic mass is 35.5. The van der Waals surface area contributed by atoms with Crippen molar-refractivity contribution >= 4 is 35.8 Å². The van der Waals surface area contributed by atoms with E-state index < -0.39 is 11.7 Å². The largest absolute Gasteiger partial charge is 0.416 e. The highest BCUT2D eigenvalue weighted by Gasteiger charge is 2.31. The molecule has 0 amide bonds. The third-order valence-corrected chi connectivity index (χ3v) is 3.47. The second-order valence-corrected chi connectivity index (χ2v) is 4.93. The average molecular weight is 348 g/mol. The summed E-state index contributed by atoms with van der Waals surface area (Å²) in [6, 6.07) is 4.15. The predicted octanol–water partition coefficient (Wildman–Crippen LogP) is 4.70. The van der Waals surface area contributed by atoms with Gasteiger partial charge in [0.25, 0.3) is 0 Å². The quantitative estimate of drug-likeness (QED) is 0.597. The fourth-order valence-electron chi connectivity index (χ4n) is 1.94. The van der Waals surface area contributed by atoms with E-state index in [0.29, 0.717) is 12.6 Å². The van der Waals surface area contributed by atoms with Gasteiger partial charge in [-0.2, -0.15) is 13.2 Å². The zero-order chi connectivity index (χ0) is 16.5. The first-order valence-electron chi connectivity index (χ1n) is 5.76. The lowest BCUT2D eigenvalue weighted by Gasteiger charge is -2.13. The Balaban J connectivity index is 2.82. The zero-order valence-corrected chi connectivity index (χ0v) is 12.1. The van der Waals surface area contributed by atoms with E-state index in [1.54, 1.807) is 0 Å². The lowest BCUT2D eigenvalue weighted by atomic mass is 9.96. The van der Waals surface area contributed by atoms with Gasteiger partial charge < -0.3 is 0 Å². The number of aromatic nitrogens is 1. The Bertz CT molecular complexity index is 728. The number of nitrogens with zero attached hydrogens (tertiary/aromatic N) is 1.